The van der Waals surface area contributed by atoms with Gasteiger partial charge in [-0.15, -0.1) is 0 Å². The molecule has 1 aromatic rings. The number of aryl methyl sites for hydroxylation is 1. The second kappa shape index (κ2) is 5.05. The van der Waals surface area contributed by atoms with Crippen molar-refractivity contribution in [3.8, 4) is 0 Å². The van der Waals surface area contributed by atoms with Crippen LogP contribution in [0.15, 0.2) is 18.2 Å². The molecular formula is C10H15FN2O. The maximum absolute atomic E-state index is 13.6. The van der Waals surface area contributed by atoms with Gasteiger partial charge in [0.2, 0.25) is 0 Å². The van der Waals surface area contributed by atoms with Gasteiger partial charge in [-0.1, -0.05) is 18.2 Å². The van der Waals surface area contributed by atoms with Crippen LogP contribution in [0.5, 0.6) is 0 Å². The molecule has 0 saturated heterocycles. The quantitative estimate of drug-likeness (QED) is 0.566. The number of nitrogens with two attached hydrogens (primary N) is 1. The Morgan fingerprint density at radius 3 is 2.86 bits per heavy atom. The van der Waals surface area contributed by atoms with Gasteiger partial charge in [-0.2, -0.15) is 0 Å². The molecule has 0 radical (unpaired) electrons. The second-order valence-electron chi connectivity index (χ2n) is 3.15. The van der Waals surface area contributed by atoms with E-state index in [1.54, 1.807) is 32.2 Å². The lowest BCUT2D eigenvalue weighted by atomic mass is 10.0. The first-order chi connectivity index (χ1) is 6.70. The van der Waals surface area contributed by atoms with Crippen LogP contribution in [-0.4, -0.2) is 13.7 Å². The van der Waals surface area contributed by atoms with Crippen LogP contribution in [0.4, 0.5) is 4.39 Å². The normalized spacial score (nSPS) is 12.9. The predicted octanol–water partition coefficient (Wildman–Crippen LogP) is 1.28. The van der Waals surface area contributed by atoms with Crippen LogP contribution >= 0.6 is 0 Å². The molecule has 4 heteroatoms. The minimum Gasteiger partial charge on any atom is -0.383 e. The molecule has 1 rings (SSSR count). The van der Waals surface area contributed by atoms with Crippen LogP contribution in [0.1, 0.15) is 17.2 Å². The first-order valence-corrected chi connectivity index (χ1v) is 4.40. The summed E-state index contributed by atoms with van der Waals surface area (Å²) in [6, 6.07) is 4.92. The van der Waals surface area contributed by atoms with E-state index >= 15 is 0 Å². The lowest BCUT2D eigenvalue weighted by Crippen LogP contribution is -2.31. The Labute approximate surface area is 83.0 Å². The molecule has 0 aliphatic rings. The second-order valence-corrected chi connectivity index (χ2v) is 3.15. The first-order valence-electron chi connectivity index (χ1n) is 4.40. The van der Waals surface area contributed by atoms with Crippen LogP contribution in [-0.2, 0) is 4.74 Å². The van der Waals surface area contributed by atoms with Gasteiger partial charge in [0.15, 0.2) is 0 Å². The van der Waals surface area contributed by atoms with Crippen molar-refractivity contribution in [1.29, 1.82) is 0 Å². The van der Waals surface area contributed by atoms with Crippen LogP contribution in [0.2, 0.25) is 0 Å². The zero-order valence-electron chi connectivity index (χ0n) is 8.38. The average molecular weight is 198 g/mol. The van der Waals surface area contributed by atoms with Gasteiger partial charge < -0.3 is 4.74 Å². The summed E-state index contributed by atoms with van der Waals surface area (Å²) in [7, 11) is 1.55. The van der Waals surface area contributed by atoms with Crippen molar-refractivity contribution < 1.29 is 9.13 Å². The Morgan fingerprint density at radius 1 is 1.57 bits per heavy atom. The number of methoxy groups -OCH3 is 1. The molecule has 1 unspecified atom stereocenters. The van der Waals surface area contributed by atoms with E-state index in [1.807, 2.05) is 0 Å². The lowest BCUT2D eigenvalue weighted by Gasteiger charge is -2.16. The summed E-state index contributed by atoms with van der Waals surface area (Å²) in [5.74, 6) is 5.08. The Bertz CT molecular complexity index is 304. The van der Waals surface area contributed by atoms with Crippen molar-refractivity contribution >= 4 is 0 Å². The number of nitrogens with one attached hydrogen (secondary N) is 1. The van der Waals surface area contributed by atoms with E-state index < -0.39 is 0 Å². The largest absolute Gasteiger partial charge is 0.383 e. The molecule has 0 bridgehead atoms. The molecule has 1 aromatic carbocycles. The standard InChI is InChI=1S/C10H15FN2O/c1-7-4-3-5-8(10(7)11)9(13-12)6-14-2/h3-5,9,13H,6,12H2,1-2H3. The van der Waals surface area contributed by atoms with E-state index in [0.29, 0.717) is 17.7 Å². The highest BCUT2D eigenvalue weighted by molar-refractivity contribution is 5.27. The van der Waals surface area contributed by atoms with E-state index in [9.17, 15) is 4.39 Å². The predicted molar refractivity (Wildman–Crippen MR) is 53.1 cm³/mol. The number of rotatable bonds is 4. The Hall–Kier alpha value is -0.970. The fourth-order valence-corrected chi connectivity index (χ4v) is 1.33. The van der Waals surface area contributed by atoms with Crippen molar-refractivity contribution in [2.45, 2.75) is 13.0 Å². The smallest absolute Gasteiger partial charge is 0.131 e. The van der Waals surface area contributed by atoms with Crippen LogP contribution in [0, 0.1) is 12.7 Å². The number of ether oxygens (including phenoxy) is 1. The topological polar surface area (TPSA) is 47.3 Å². The van der Waals surface area contributed by atoms with Crippen LogP contribution in [0.25, 0.3) is 0 Å². The van der Waals surface area contributed by atoms with Gasteiger partial charge >= 0.3 is 0 Å². The third-order valence-electron chi connectivity index (χ3n) is 2.13. The molecule has 0 spiro atoms. The fraction of sp³-hybridized carbons (Fsp3) is 0.400. The van der Waals surface area contributed by atoms with Crippen molar-refractivity contribution in [1.82, 2.24) is 5.43 Å². The van der Waals surface area contributed by atoms with Crippen molar-refractivity contribution in [3.63, 3.8) is 0 Å². The third-order valence-corrected chi connectivity index (χ3v) is 2.13. The molecule has 14 heavy (non-hydrogen) atoms. The molecule has 0 amide bonds. The lowest BCUT2D eigenvalue weighted by molar-refractivity contribution is 0.165. The number of hydrazine groups is 1. The maximum atomic E-state index is 13.6. The summed E-state index contributed by atoms with van der Waals surface area (Å²) >= 11 is 0. The van der Waals surface area contributed by atoms with Gasteiger partial charge in [-0.25, -0.2) is 4.39 Å². The van der Waals surface area contributed by atoms with Gasteiger partial charge in [0.05, 0.1) is 12.6 Å². The molecule has 0 fully saturated rings. The molecule has 1 atom stereocenters. The molecule has 0 saturated carbocycles. The molecule has 0 heterocycles. The summed E-state index contributed by atoms with van der Waals surface area (Å²) in [6.07, 6.45) is 0. The van der Waals surface area contributed by atoms with Gasteiger partial charge in [0.25, 0.3) is 0 Å². The van der Waals surface area contributed by atoms with E-state index in [2.05, 4.69) is 5.43 Å². The number of halogens is 1. The average Bonchev–Trinajstić information content (AvgIpc) is 2.19. The molecule has 0 aromatic heterocycles. The zero-order chi connectivity index (χ0) is 10.6. The molecule has 0 aliphatic carbocycles. The van der Waals surface area contributed by atoms with E-state index in [0.717, 1.165) is 0 Å². The number of hydrogen-bond donors (Lipinski definition) is 2. The van der Waals surface area contributed by atoms with Gasteiger partial charge in [0, 0.05) is 12.7 Å². The van der Waals surface area contributed by atoms with Gasteiger partial charge in [0.1, 0.15) is 5.82 Å². The molecular weight excluding hydrogens is 183 g/mol. The molecule has 3 nitrogen and oxygen atoms in total. The Morgan fingerprint density at radius 2 is 2.29 bits per heavy atom. The van der Waals surface area contributed by atoms with Crippen LogP contribution in [0.3, 0.4) is 0 Å². The van der Waals surface area contributed by atoms with E-state index in [-0.39, 0.29) is 11.9 Å². The zero-order valence-corrected chi connectivity index (χ0v) is 8.38. The first kappa shape index (κ1) is 11.1. The Balaban J connectivity index is 2.97. The van der Waals surface area contributed by atoms with E-state index in [4.69, 9.17) is 10.6 Å². The minimum atomic E-state index is -0.306. The van der Waals surface area contributed by atoms with Gasteiger partial charge in [-0.3, -0.25) is 11.3 Å². The fourth-order valence-electron chi connectivity index (χ4n) is 1.33. The van der Waals surface area contributed by atoms with Crippen molar-refractivity contribution in [2.75, 3.05) is 13.7 Å². The summed E-state index contributed by atoms with van der Waals surface area (Å²) < 4.78 is 18.5. The summed E-state index contributed by atoms with van der Waals surface area (Å²) in [4.78, 5) is 0. The summed E-state index contributed by atoms with van der Waals surface area (Å²) in [6.45, 7) is 2.07. The van der Waals surface area contributed by atoms with Crippen LogP contribution < -0.4 is 11.3 Å². The Kier molecular flexibility index (Phi) is 4.00. The molecule has 78 valence electrons. The SMILES string of the molecule is COCC(NN)c1cccc(C)c1F. The summed E-state index contributed by atoms with van der Waals surface area (Å²) in [5, 5.41) is 0. The van der Waals surface area contributed by atoms with Crippen molar-refractivity contribution in [3.05, 3.63) is 35.1 Å². The maximum Gasteiger partial charge on any atom is 0.131 e. The highest BCUT2D eigenvalue weighted by Gasteiger charge is 2.14. The van der Waals surface area contributed by atoms with Gasteiger partial charge in [-0.05, 0) is 12.5 Å². The third kappa shape index (κ3) is 2.29. The number of hydrogen-bond acceptors (Lipinski definition) is 3. The van der Waals surface area contributed by atoms with E-state index in [1.165, 1.54) is 0 Å². The highest BCUT2D eigenvalue weighted by Crippen LogP contribution is 2.19. The monoisotopic (exact) mass is 198 g/mol. The summed E-state index contributed by atoms with van der Waals surface area (Å²) in [5.41, 5.74) is 3.67. The molecule has 3 N–H and O–H groups in total. The molecule has 0 aliphatic heterocycles. The minimum absolute atomic E-state index is 0.229. The van der Waals surface area contributed by atoms with Crippen molar-refractivity contribution in [2.24, 2.45) is 5.84 Å². The number of benzene rings is 1. The highest BCUT2D eigenvalue weighted by atomic mass is 19.1.